The third-order valence-electron chi connectivity index (χ3n) is 3.53. The van der Waals surface area contributed by atoms with Gasteiger partial charge < -0.3 is 19.7 Å². The maximum absolute atomic E-state index is 12.1. The molecule has 1 aliphatic carbocycles. The number of ketones is 2. The highest BCUT2D eigenvalue weighted by molar-refractivity contribution is 6.26. The molecular weight excluding hydrogens is 304 g/mol. The zero-order valence-corrected chi connectivity index (χ0v) is 11.0. The minimum atomic E-state index is -3.42. The summed E-state index contributed by atoms with van der Waals surface area (Å²) in [7, 11) is 0. The SMILES string of the molecule is O=C1CCC(=O)OC2(C(=O)O)C(=O)CCC(=O)C2(C(=O)O)O1. The summed E-state index contributed by atoms with van der Waals surface area (Å²) in [5.41, 5.74) is -6.83. The first-order valence-corrected chi connectivity index (χ1v) is 6.15. The second-order valence-electron chi connectivity index (χ2n) is 4.77. The molecular formula is C12H10O10. The van der Waals surface area contributed by atoms with Gasteiger partial charge in [-0.15, -0.1) is 0 Å². The summed E-state index contributed by atoms with van der Waals surface area (Å²) in [6.45, 7) is 0. The highest BCUT2D eigenvalue weighted by Crippen LogP contribution is 2.41. The molecule has 2 N–H and O–H groups in total. The summed E-state index contributed by atoms with van der Waals surface area (Å²) in [5, 5.41) is 18.7. The van der Waals surface area contributed by atoms with Crippen molar-refractivity contribution in [3.63, 3.8) is 0 Å². The smallest absolute Gasteiger partial charge is 0.361 e. The van der Waals surface area contributed by atoms with Gasteiger partial charge in [0.2, 0.25) is 0 Å². The fraction of sp³-hybridized carbons (Fsp3) is 0.500. The Morgan fingerprint density at radius 2 is 1.05 bits per heavy atom. The summed E-state index contributed by atoms with van der Waals surface area (Å²) in [6, 6.07) is 0. The molecule has 118 valence electrons. The Morgan fingerprint density at radius 1 is 0.727 bits per heavy atom. The van der Waals surface area contributed by atoms with Crippen LogP contribution in [0.2, 0.25) is 0 Å². The zero-order valence-electron chi connectivity index (χ0n) is 11.0. The van der Waals surface area contributed by atoms with Crippen LogP contribution in [0.1, 0.15) is 25.7 Å². The Labute approximate surface area is 122 Å². The van der Waals surface area contributed by atoms with Gasteiger partial charge in [-0.25, -0.2) is 9.59 Å². The van der Waals surface area contributed by atoms with Crippen LogP contribution in [0.25, 0.3) is 0 Å². The highest BCUT2D eigenvalue weighted by Gasteiger charge is 2.78. The molecule has 10 heteroatoms. The molecule has 0 aromatic heterocycles. The van der Waals surface area contributed by atoms with E-state index in [2.05, 4.69) is 9.47 Å². The summed E-state index contributed by atoms with van der Waals surface area (Å²) in [5.74, 6) is -9.59. The summed E-state index contributed by atoms with van der Waals surface area (Å²) in [6.07, 6.45) is -2.51. The number of aliphatic carboxylic acids is 2. The van der Waals surface area contributed by atoms with Gasteiger partial charge in [0.05, 0.1) is 12.8 Å². The van der Waals surface area contributed by atoms with Crippen molar-refractivity contribution < 1.29 is 48.5 Å². The quantitative estimate of drug-likeness (QED) is 0.450. The Kier molecular flexibility index (Phi) is 3.47. The second kappa shape index (κ2) is 4.90. The third kappa shape index (κ3) is 1.80. The van der Waals surface area contributed by atoms with Crippen molar-refractivity contribution in [3.05, 3.63) is 0 Å². The lowest BCUT2D eigenvalue weighted by Gasteiger charge is -2.43. The Bertz CT molecular complexity index is 565. The predicted octanol–water partition coefficient (Wildman–Crippen LogP) is -1.55. The molecule has 0 bridgehead atoms. The fourth-order valence-corrected chi connectivity index (χ4v) is 2.50. The van der Waals surface area contributed by atoms with E-state index in [0.717, 1.165) is 0 Å². The van der Waals surface area contributed by atoms with Crippen LogP contribution < -0.4 is 0 Å². The van der Waals surface area contributed by atoms with E-state index in [0.29, 0.717) is 0 Å². The molecule has 0 spiro atoms. The lowest BCUT2D eigenvalue weighted by Crippen LogP contribution is -2.76. The summed E-state index contributed by atoms with van der Waals surface area (Å²) < 4.78 is 9.15. The Balaban J connectivity index is 2.82. The van der Waals surface area contributed by atoms with Crippen molar-refractivity contribution in [1.29, 1.82) is 0 Å². The van der Waals surface area contributed by atoms with Gasteiger partial charge in [-0.05, 0) is 0 Å². The number of carboxylic acids is 2. The number of rotatable bonds is 2. The lowest BCUT2D eigenvalue weighted by molar-refractivity contribution is -0.231. The molecule has 1 heterocycles. The van der Waals surface area contributed by atoms with Crippen molar-refractivity contribution in [2.45, 2.75) is 36.9 Å². The van der Waals surface area contributed by atoms with Crippen molar-refractivity contribution in [2.75, 3.05) is 0 Å². The maximum atomic E-state index is 12.1. The van der Waals surface area contributed by atoms with Crippen LogP contribution in [-0.2, 0) is 38.2 Å². The first-order valence-electron chi connectivity index (χ1n) is 6.15. The Hall–Kier alpha value is -2.78. The van der Waals surface area contributed by atoms with Crippen LogP contribution in [0.3, 0.4) is 0 Å². The molecule has 0 aromatic rings. The molecule has 2 rings (SSSR count). The van der Waals surface area contributed by atoms with E-state index in [1.165, 1.54) is 0 Å². The van der Waals surface area contributed by atoms with Crippen LogP contribution in [-0.4, -0.2) is 56.9 Å². The van der Waals surface area contributed by atoms with Crippen LogP contribution in [0.5, 0.6) is 0 Å². The summed E-state index contributed by atoms with van der Waals surface area (Å²) >= 11 is 0. The van der Waals surface area contributed by atoms with Crippen LogP contribution in [0, 0.1) is 0 Å². The molecule has 1 aliphatic heterocycles. The highest BCUT2D eigenvalue weighted by atomic mass is 16.6. The predicted molar refractivity (Wildman–Crippen MR) is 61.4 cm³/mol. The molecule has 2 atom stereocenters. The monoisotopic (exact) mass is 314 g/mol. The Morgan fingerprint density at radius 3 is 1.32 bits per heavy atom. The van der Waals surface area contributed by atoms with Crippen LogP contribution >= 0.6 is 0 Å². The van der Waals surface area contributed by atoms with Crippen LogP contribution in [0.15, 0.2) is 0 Å². The number of carbonyl (C=O) groups is 6. The second-order valence-corrected chi connectivity index (χ2v) is 4.77. The van der Waals surface area contributed by atoms with Gasteiger partial charge in [0.15, 0.2) is 11.6 Å². The number of hydrogen-bond donors (Lipinski definition) is 2. The average molecular weight is 314 g/mol. The number of Topliss-reactive ketones (excluding diaryl/α,β-unsaturated/α-hetero) is 2. The van der Waals surface area contributed by atoms with E-state index < -0.39 is 72.3 Å². The first-order chi connectivity index (χ1) is 10.2. The first kappa shape index (κ1) is 15.6. The molecule has 2 aliphatic rings. The van der Waals surface area contributed by atoms with E-state index in [1.54, 1.807) is 0 Å². The normalized spacial score (nSPS) is 32.2. The molecule has 10 nitrogen and oxygen atoms in total. The van der Waals surface area contributed by atoms with E-state index in [-0.39, 0.29) is 0 Å². The van der Waals surface area contributed by atoms with Gasteiger partial charge in [0.1, 0.15) is 0 Å². The minimum Gasteiger partial charge on any atom is -0.478 e. The number of fused-ring (bicyclic) bond motifs is 1. The fourth-order valence-electron chi connectivity index (χ4n) is 2.50. The topological polar surface area (TPSA) is 161 Å². The van der Waals surface area contributed by atoms with E-state index in [1.807, 2.05) is 0 Å². The summed E-state index contributed by atoms with van der Waals surface area (Å²) in [4.78, 5) is 70.6. The molecule has 2 fully saturated rings. The molecule has 0 aromatic carbocycles. The van der Waals surface area contributed by atoms with E-state index in [9.17, 15) is 39.0 Å². The van der Waals surface area contributed by atoms with Crippen molar-refractivity contribution in [3.8, 4) is 0 Å². The molecule has 0 amide bonds. The number of hydrogen-bond acceptors (Lipinski definition) is 8. The molecule has 1 saturated carbocycles. The number of ether oxygens (including phenoxy) is 2. The van der Waals surface area contributed by atoms with Gasteiger partial charge >= 0.3 is 35.1 Å². The van der Waals surface area contributed by atoms with Gasteiger partial charge in [0, 0.05) is 12.8 Å². The zero-order chi connectivity index (χ0) is 16.7. The molecule has 0 radical (unpaired) electrons. The maximum Gasteiger partial charge on any atom is 0.361 e. The van der Waals surface area contributed by atoms with Gasteiger partial charge in [-0.1, -0.05) is 0 Å². The molecule has 2 unspecified atom stereocenters. The number of carbonyl (C=O) groups excluding carboxylic acids is 4. The van der Waals surface area contributed by atoms with E-state index in [4.69, 9.17) is 0 Å². The minimum absolute atomic E-state index is 0.606. The largest absolute Gasteiger partial charge is 0.478 e. The lowest BCUT2D eigenvalue weighted by atomic mass is 9.69. The van der Waals surface area contributed by atoms with Gasteiger partial charge in [-0.3, -0.25) is 19.2 Å². The van der Waals surface area contributed by atoms with Gasteiger partial charge in [-0.2, -0.15) is 0 Å². The standard InChI is InChI=1S/C12H10O10/c13-5-1-2-6(14)12(10(19)20)11(5,9(17)18)21-7(15)3-4-8(16)22-12/h1-4H2,(H,17,18)(H,19,20). The van der Waals surface area contributed by atoms with Gasteiger partial charge in [0.25, 0.3) is 0 Å². The van der Waals surface area contributed by atoms with Crippen molar-refractivity contribution in [2.24, 2.45) is 0 Å². The molecule has 1 saturated heterocycles. The van der Waals surface area contributed by atoms with Crippen molar-refractivity contribution in [1.82, 2.24) is 0 Å². The van der Waals surface area contributed by atoms with E-state index >= 15 is 0 Å². The van der Waals surface area contributed by atoms with Crippen LogP contribution in [0.4, 0.5) is 0 Å². The average Bonchev–Trinajstić information content (AvgIpc) is 2.42. The number of esters is 2. The number of carboxylic acid groups (broad SMARTS) is 2. The van der Waals surface area contributed by atoms with Crippen molar-refractivity contribution >= 4 is 35.4 Å². The third-order valence-corrected chi connectivity index (χ3v) is 3.53. The molecule has 22 heavy (non-hydrogen) atoms.